The lowest BCUT2D eigenvalue weighted by Crippen LogP contribution is -2.46. The van der Waals surface area contributed by atoms with Crippen molar-refractivity contribution in [2.24, 2.45) is 0 Å². The Morgan fingerprint density at radius 1 is 1.40 bits per heavy atom. The second-order valence-corrected chi connectivity index (χ2v) is 4.84. The van der Waals surface area contributed by atoms with Crippen molar-refractivity contribution in [3.05, 3.63) is 29.3 Å². The van der Waals surface area contributed by atoms with Crippen LogP contribution in [0.4, 0.5) is 18.9 Å². The maximum Gasteiger partial charge on any atom is 0.418 e. The maximum absolute atomic E-state index is 13.2. The molecule has 2 rings (SSSR count). The number of aliphatic hydroxyl groups excluding tert-OH is 1. The van der Waals surface area contributed by atoms with Crippen LogP contribution >= 0.6 is 0 Å². The van der Waals surface area contributed by atoms with E-state index in [0.717, 1.165) is 12.5 Å². The summed E-state index contributed by atoms with van der Waals surface area (Å²) in [5, 5.41) is 9.03. The molecule has 112 valence electrons. The first kappa shape index (κ1) is 15.1. The first-order valence-corrected chi connectivity index (χ1v) is 6.62. The fraction of sp³-hybridized carbons (Fsp3) is 0.571. The fourth-order valence-corrected chi connectivity index (χ4v) is 2.47. The van der Waals surface area contributed by atoms with Crippen molar-refractivity contribution in [1.82, 2.24) is 0 Å². The zero-order valence-electron chi connectivity index (χ0n) is 11.3. The molecule has 20 heavy (non-hydrogen) atoms. The summed E-state index contributed by atoms with van der Waals surface area (Å²) in [6.45, 7) is 2.84. The van der Waals surface area contributed by atoms with Gasteiger partial charge in [-0.05, 0) is 24.1 Å². The third kappa shape index (κ3) is 3.07. The monoisotopic (exact) mass is 289 g/mol. The van der Waals surface area contributed by atoms with E-state index in [9.17, 15) is 13.2 Å². The van der Waals surface area contributed by atoms with Crippen molar-refractivity contribution >= 4 is 5.69 Å². The second-order valence-electron chi connectivity index (χ2n) is 4.84. The maximum atomic E-state index is 13.2. The van der Waals surface area contributed by atoms with Crippen molar-refractivity contribution < 1.29 is 23.0 Å². The molecular weight excluding hydrogens is 271 g/mol. The van der Waals surface area contributed by atoms with Gasteiger partial charge in [0, 0.05) is 12.2 Å². The number of alkyl halides is 3. The first-order chi connectivity index (χ1) is 9.47. The normalized spacial score (nSPS) is 20.2. The van der Waals surface area contributed by atoms with Crippen molar-refractivity contribution in [2.75, 3.05) is 24.7 Å². The molecule has 1 atom stereocenters. The summed E-state index contributed by atoms with van der Waals surface area (Å²) >= 11 is 0. The molecule has 1 N–H and O–H groups in total. The van der Waals surface area contributed by atoms with Crippen molar-refractivity contribution in [2.45, 2.75) is 32.2 Å². The van der Waals surface area contributed by atoms with E-state index in [-0.39, 0.29) is 17.3 Å². The van der Waals surface area contributed by atoms with Gasteiger partial charge in [0.05, 0.1) is 31.4 Å². The molecule has 3 nitrogen and oxygen atoms in total. The van der Waals surface area contributed by atoms with Crippen LogP contribution in [0.1, 0.15) is 24.5 Å². The van der Waals surface area contributed by atoms with Gasteiger partial charge in [-0.2, -0.15) is 13.2 Å². The molecule has 0 bridgehead atoms. The molecule has 0 radical (unpaired) electrons. The highest BCUT2D eigenvalue weighted by Crippen LogP contribution is 2.38. The minimum atomic E-state index is -4.43. The number of morpholine rings is 1. The quantitative estimate of drug-likeness (QED) is 0.928. The molecule has 0 aromatic heterocycles. The SMILES string of the molecule is CCC1COCCN1c1ccc(CO)cc1C(F)(F)F. The molecule has 1 fully saturated rings. The van der Waals surface area contributed by atoms with Crippen molar-refractivity contribution in [1.29, 1.82) is 0 Å². The summed E-state index contributed by atoms with van der Waals surface area (Å²) in [7, 11) is 0. The summed E-state index contributed by atoms with van der Waals surface area (Å²) in [5.41, 5.74) is -0.253. The van der Waals surface area contributed by atoms with E-state index in [0.29, 0.717) is 19.8 Å². The number of halogens is 3. The van der Waals surface area contributed by atoms with Gasteiger partial charge in [0.1, 0.15) is 0 Å². The van der Waals surface area contributed by atoms with Gasteiger partial charge in [0.15, 0.2) is 0 Å². The average Bonchev–Trinajstić information content (AvgIpc) is 2.45. The fourth-order valence-electron chi connectivity index (χ4n) is 2.47. The molecular formula is C14H18F3NO2. The predicted molar refractivity (Wildman–Crippen MR) is 69.6 cm³/mol. The van der Waals surface area contributed by atoms with Crippen LogP contribution in [0.3, 0.4) is 0 Å². The summed E-state index contributed by atoms with van der Waals surface area (Å²) in [6, 6.07) is 3.96. The van der Waals surface area contributed by atoms with Crippen molar-refractivity contribution in [3.63, 3.8) is 0 Å². The molecule has 6 heteroatoms. The van der Waals surface area contributed by atoms with Gasteiger partial charge in [0.2, 0.25) is 0 Å². The number of anilines is 1. The standard InChI is InChI=1S/C14H18F3NO2/c1-2-11-9-20-6-5-18(11)13-4-3-10(8-19)7-12(13)14(15,16)17/h3-4,7,11,19H,2,5-6,8-9H2,1H3. The predicted octanol–water partition coefficient (Wildman–Crippen LogP) is 2.81. The van der Waals surface area contributed by atoms with Gasteiger partial charge < -0.3 is 14.7 Å². The topological polar surface area (TPSA) is 32.7 Å². The minimum Gasteiger partial charge on any atom is -0.392 e. The molecule has 0 spiro atoms. The van der Waals surface area contributed by atoms with E-state index in [4.69, 9.17) is 9.84 Å². The number of ether oxygens (including phenoxy) is 1. The van der Waals surface area contributed by atoms with Gasteiger partial charge in [-0.1, -0.05) is 13.0 Å². The molecule has 1 aromatic rings. The van der Waals surface area contributed by atoms with Crippen LogP contribution in [0, 0.1) is 0 Å². The van der Waals surface area contributed by atoms with Crippen LogP contribution in [0.2, 0.25) is 0 Å². The highest BCUT2D eigenvalue weighted by Gasteiger charge is 2.36. The molecule has 0 saturated carbocycles. The van der Waals surface area contributed by atoms with Gasteiger partial charge in [-0.25, -0.2) is 0 Å². The molecule has 1 aromatic carbocycles. The first-order valence-electron chi connectivity index (χ1n) is 6.62. The second kappa shape index (κ2) is 6.01. The Hall–Kier alpha value is -1.27. The molecule has 0 amide bonds. The Kier molecular flexibility index (Phi) is 4.55. The highest BCUT2D eigenvalue weighted by molar-refractivity contribution is 5.57. The van der Waals surface area contributed by atoms with E-state index >= 15 is 0 Å². The molecule has 1 saturated heterocycles. The molecule has 1 aliphatic heterocycles. The van der Waals surface area contributed by atoms with E-state index in [1.54, 1.807) is 4.90 Å². The lowest BCUT2D eigenvalue weighted by molar-refractivity contribution is -0.137. The van der Waals surface area contributed by atoms with E-state index in [2.05, 4.69) is 0 Å². The minimum absolute atomic E-state index is 0.0511. The summed E-state index contributed by atoms with van der Waals surface area (Å²) < 4.78 is 45.0. The summed E-state index contributed by atoms with van der Waals surface area (Å²) in [6.07, 6.45) is -3.71. The Bertz CT molecular complexity index is 462. The smallest absolute Gasteiger partial charge is 0.392 e. The number of aliphatic hydroxyl groups is 1. The number of nitrogens with zero attached hydrogens (tertiary/aromatic N) is 1. The largest absolute Gasteiger partial charge is 0.418 e. The Morgan fingerprint density at radius 3 is 2.75 bits per heavy atom. The third-order valence-electron chi connectivity index (χ3n) is 3.56. The van der Waals surface area contributed by atoms with Crippen LogP contribution in [0.25, 0.3) is 0 Å². The van der Waals surface area contributed by atoms with Gasteiger partial charge >= 0.3 is 6.18 Å². The van der Waals surface area contributed by atoms with Crippen LogP contribution in [-0.2, 0) is 17.5 Å². The zero-order chi connectivity index (χ0) is 14.8. The van der Waals surface area contributed by atoms with Crippen LogP contribution in [0.5, 0.6) is 0 Å². The number of hydrogen-bond acceptors (Lipinski definition) is 3. The number of benzene rings is 1. The summed E-state index contributed by atoms with van der Waals surface area (Å²) in [4.78, 5) is 1.76. The third-order valence-corrected chi connectivity index (χ3v) is 3.56. The number of rotatable bonds is 3. The zero-order valence-corrected chi connectivity index (χ0v) is 11.3. The van der Waals surface area contributed by atoms with E-state index in [1.807, 2.05) is 6.92 Å². The van der Waals surface area contributed by atoms with Gasteiger partial charge in [-0.15, -0.1) is 0 Å². The van der Waals surface area contributed by atoms with Crippen LogP contribution < -0.4 is 4.90 Å². The molecule has 0 aliphatic carbocycles. The Labute approximate surface area is 116 Å². The Balaban J connectivity index is 2.44. The molecule has 1 unspecified atom stereocenters. The van der Waals surface area contributed by atoms with Crippen LogP contribution in [0.15, 0.2) is 18.2 Å². The molecule has 1 aliphatic rings. The highest BCUT2D eigenvalue weighted by atomic mass is 19.4. The number of hydrogen-bond donors (Lipinski definition) is 1. The van der Waals surface area contributed by atoms with Crippen LogP contribution in [-0.4, -0.2) is 30.9 Å². The summed E-state index contributed by atoms with van der Waals surface area (Å²) in [5.74, 6) is 0. The van der Waals surface area contributed by atoms with E-state index in [1.165, 1.54) is 12.1 Å². The van der Waals surface area contributed by atoms with E-state index < -0.39 is 18.3 Å². The van der Waals surface area contributed by atoms with Crippen molar-refractivity contribution in [3.8, 4) is 0 Å². The Morgan fingerprint density at radius 2 is 2.15 bits per heavy atom. The molecule has 1 heterocycles. The lowest BCUT2D eigenvalue weighted by Gasteiger charge is -2.38. The van der Waals surface area contributed by atoms with Gasteiger partial charge in [0.25, 0.3) is 0 Å². The average molecular weight is 289 g/mol. The van der Waals surface area contributed by atoms with Gasteiger partial charge in [-0.3, -0.25) is 0 Å². The lowest BCUT2D eigenvalue weighted by atomic mass is 10.0.